The number of nitrogens with zero attached hydrogens (tertiary/aromatic N) is 2. The molecule has 0 aliphatic carbocycles. The van der Waals surface area contributed by atoms with E-state index in [1.807, 2.05) is 19.9 Å². The normalized spacial score (nSPS) is 11.1. The number of hydrogen-bond donors (Lipinski definition) is 1. The van der Waals surface area contributed by atoms with Crippen LogP contribution in [-0.4, -0.2) is 47.1 Å². The minimum Gasteiger partial charge on any atom is -0.507 e. The lowest BCUT2D eigenvalue weighted by Crippen LogP contribution is -2.31. The van der Waals surface area contributed by atoms with Crippen molar-refractivity contribution in [3.63, 3.8) is 0 Å². The van der Waals surface area contributed by atoms with Crippen molar-refractivity contribution in [1.82, 2.24) is 9.88 Å². The van der Waals surface area contributed by atoms with Gasteiger partial charge in [-0.25, -0.2) is 9.78 Å². The number of aliphatic hydroxyl groups excluding tert-OH is 1. The molecule has 0 aliphatic heterocycles. The van der Waals surface area contributed by atoms with Crippen LogP contribution in [0.4, 0.5) is 0 Å². The molecule has 2 rings (SSSR count). The van der Waals surface area contributed by atoms with Gasteiger partial charge in [0.2, 0.25) is 0 Å². The summed E-state index contributed by atoms with van der Waals surface area (Å²) in [7, 11) is 1.25. The average Bonchev–Trinajstić information content (AvgIpc) is 2.68. The molecule has 0 spiro atoms. The van der Waals surface area contributed by atoms with E-state index in [-0.39, 0.29) is 23.1 Å². The molecule has 0 bridgehead atoms. The third kappa shape index (κ3) is 4.47. The Morgan fingerprint density at radius 1 is 1.12 bits per heavy atom. The third-order valence-electron chi connectivity index (χ3n) is 3.88. The number of ether oxygens (including phenoxy) is 1. The summed E-state index contributed by atoms with van der Waals surface area (Å²) in [5, 5.41) is 10.3. The SMILES string of the molecule is CCN(CC)C(=O)c1cc(/C=C(\O)c2ccccc2)cc(C(=O)OC)n1. The first-order valence-corrected chi connectivity index (χ1v) is 8.35. The Labute approximate surface area is 152 Å². The van der Waals surface area contributed by atoms with Crippen LogP contribution < -0.4 is 0 Å². The van der Waals surface area contributed by atoms with Gasteiger partial charge in [0, 0.05) is 18.7 Å². The van der Waals surface area contributed by atoms with Gasteiger partial charge in [-0.05, 0) is 37.6 Å². The molecule has 26 heavy (non-hydrogen) atoms. The second-order valence-electron chi connectivity index (χ2n) is 5.54. The number of amides is 1. The maximum Gasteiger partial charge on any atom is 0.356 e. The fourth-order valence-corrected chi connectivity index (χ4v) is 2.48. The second-order valence-corrected chi connectivity index (χ2v) is 5.54. The predicted octanol–water partition coefficient (Wildman–Crippen LogP) is 3.41. The highest BCUT2D eigenvalue weighted by molar-refractivity contribution is 5.96. The molecule has 1 amide bonds. The molecule has 0 radical (unpaired) electrons. The standard InChI is InChI=1S/C20H22N2O4/c1-4-22(5-2)19(24)16-11-14(12-17(21-16)20(25)26-3)13-18(23)15-9-7-6-8-10-15/h6-13,23H,4-5H2,1-3H3/b18-13-. The highest BCUT2D eigenvalue weighted by Crippen LogP contribution is 2.18. The molecule has 136 valence electrons. The Bertz CT molecular complexity index is 812. The Kier molecular flexibility index (Phi) is 6.49. The van der Waals surface area contributed by atoms with E-state index in [0.717, 1.165) is 0 Å². The van der Waals surface area contributed by atoms with Crippen LogP contribution in [0, 0.1) is 0 Å². The van der Waals surface area contributed by atoms with Crippen molar-refractivity contribution in [2.45, 2.75) is 13.8 Å². The zero-order valence-corrected chi connectivity index (χ0v) is 15.1. The number of pyridine rings is 1. The zero-order chi connectivity index (χ0) is 19.1. The summed E-state index contributed by atoms with van der Waals surface area (Å²) in [6, 6.07) is 12.0. The van der Waals surface area contributed by atoms with Gasteiger partial charge in [-0.2, -0.15) is 0 Å². The summed E-state index contributed by atoms with van der Waals surface area (Å²) in [5.74, 6) is -0.906. The minimum absolute atomic E-state index is 0.0117. The van der Waals surface area contributed by atoms with E-state index < -0.39 is 5.97 Å². The summed E-state index contributed by atoms with van der Waals surface area (Å²) in [6.45, 7) is 4.79. The molecule has 6 heteroatoms. The average molecular weight is 354 g/mol. The van der Waals surface area contributed by atoms with Crippen molar-refractivity contribution < 1.29 is 19.4 Å². The fourth-order valence-electron chi connectivity index (χ4n) is 2.48. The summed E-state index contributed by atoms with van der Waals surface area (Å²) in [6.07, 6.45) is 1.49. The second kappa shape index (κ2) is 8.80. The number of aliphatic hydroxyl groups is 1. The number of rotatable bonds is 6. The van der Waals surface area contributed by atoms with Crippen molar-refractivity contribution in [1.29, 1.82) is 0 Å². The molecule has 0 saturated carbocycles. The zero-order valence-electron chi connectivity index (χ0n) is 15.1. The molecule has 0 fully saturated rings. The lowest BCUT2D eigenvalue weighted by Gasteiger charge is -2.18. The lowest BCUT2D eigenvalue weighted by atomic mass is 10.1. The molecular formula is C20H22N2O4. The van der Waals surface area contributed by atoms with Crippen LogP contribution in [0.2, 0.25) is 0 Å². The highest BCUT2D eigenvalue weighted by Gasteiger charge is 2.18. The maximum absolute atomic E-state index is 12.6. The number of carbonyl (C=O) groups excluding carboxylic acids is 2. The first kappa shape index (κ1) is 19.2. The third-order valence-corrected chi connectivity index (χ3v) is 3.88. The van der Waals surface area contributed by atoms with Gasteiger partial charge in [-0.15, -0.1) is 0 Å². The first-order chi connectivity index (χ1) is 12.5. The minimum atomic E-state index is -0.645. The summed E-state index contributed by atoms with van der Waals surface area (Å²) in [4.78, 5) is 30.2. The van der Waals surface area contributed by atoms with E-state index in [2.05, 4.69) is 4.98 Å². The number of aromatic nitrogens is 1. The monoisotopic (exact) mass is 354 g/mol. The van der Waals surface area contributed by atoms with E-state index in [4.69, 9.17) is 4.74 Å². The van der Waals surface area contributed by atoms with E-state index in [9.17, 15) is 14.7 Å². The van der Waals surface area contributed by atoms with Gasteiger partial charge >= 0.3 is 5.97 Å². The molecule has 1 aromatic carbocycles. The van der Waals surface area contributed by atoms with Gasteiger partial charge in [0.25, 0.3) is 5.91 Å². The number of esters is 1. The molecule has 6 nitrogen and oxygen atoms in total. The first-order valence-electron chi connectivity index (χ1n) is 8.35. The Hall–Kier alpha value is -3.15. The van der Waals surface area contributed by atoms with E-state index in [1.54, 1.807) is 35.2 Å². The molecule has 2 aromatic rings. The highest BCUT2D eigenvalue weighted by atomic mass is 16.5. The van der Waals surface area contributed by atoms with Gasteiger partial charge in [0.15, 0.2) is 0 Å². The molecule has 1 heterocycles. The van der Waals surface area contributed by atoms with Gasteiger partial charge in [-0.3, -0.25) is 4.79 Å². The van der Waals surface area contributed by atoms with E-state index in [1.165, 1.54) is 19.3 Å². The van der Waals surface area contributed by atoms with Crippen molar-refractivity contribution in [2.24, 2.45) is 0 Å². The lowest BCUT2D eigenvalue weighted by molar-refractivity contribution is 0.0593. The number of hydrogen-bond acceptors (Lipinski definition) is 5. The van der Waals surface area contributed by atoms with Crippen molar-refractivity contribution in [3.05, 3.63) is 65.0 Å². The predicted molar refractivity (Wildman–Crippen MR) is 99.8 cm³/mol. The molecule has 0 aliphatic rings. The largest absolute Gasteiger partial charge is 0.507 e. The maximum atomic E-state index is 12.6. The van der Waals surface area contributed by atoms with Crippen LogP contribution in [0.5, 0.6) is 0 Å². The van der Waals surface area contributed by atoms with Crippen LogP contribution in [-0.2, 0) is 4.74 Å². The Morgan fingerprint density at radius 2 is 1.73 bits per heavy atom. The van der Waals surface area contributed by atoms with E-state index in [0.29, 0.717) is 24.2 Å². The van der Waals surface area contributed by atoms with Crippen molar-refractivity contribution in [2.75, 3.05) is 20.2 Å². The smallest absolute Gasteiger partial charge is 0.356 e. The number of benzene rings is 1. The van der Waals surface area contributed by atoms with Gasteiger partial charge in [0.05, 0.1) is 7.11 Å². The van der Waals surface area contributed by atoms with Gasteiger partial charge in [-0.1, -0.05) is 30.3 Å². The molecule has 1 aromatic heterocycles. The number of carbonyl (C=O) groups is 2. The fraction of sp³-hybridized carbons (Fsp3) is 0.250. The Balaban J connectivity index is 2.50. The molecular weight excluding hydrogens is 332 g/mol. The van der Waals surface area contributed by atoms with Crippen molar-refractivity contribution >= 4 is 23.7 Å². The molecule has 0 atom stereocenters. The quantitative estimate of drug-likeness (QED) is 0.635. The van der Waals surface area contributed by atoms with Crippen LogP contribution in [0.1, 0.15) is 46.0 Å². The summed E-state index contributed by atoms with van der Waals surface area (Å²) in [5.41, 5.74) is 1.25. The van der Waals surface area contributed by atoms with Gasteiger partial charge < -0.3 is 14.7 Å². The topological polar surface area (TPSA) is 79.7 Å². The molecule has 0 unspecified atom stereocenters. The van der Waals surface area contributed by atoms with Gasteiger partial charge in [0.1, 0.15) is 17.1 Å². The summed E-state index contributed by atoms with van der Waals surface area (Å²) < 4.78 is 4.72. The summed E-state index contributed by atoms with van der Waals surface area (Å²) >= 11 is 0. The Morgan fingerprint density at radius 3 is 2.31 bits per heavy atom. The van der Waals surface area contributed by atoms with Crippen LogP contribution >= 0.6 is 0 Å². The van der Waals surface area contributed by atoms with Crippen LogP contribution in [0.3, 0.4) is 0 Å². The molecule has 1 N–H and O–H groups in total. The van der Waals surface area contributed by atoms with Crippen molar-refractivity contribution in [3.8, 4) is 0 Å². The number of methoxy groups -OCH3 is 1. The van der Waals surface area contributed by atoms with Crippen LogP contribution in [0.25, 0.3) is 11.8 Å². The van der Waals surface area contributed by atoms with E-state index >= 15 is 0 Å². The van der Waals surface area contributed by atoms with Crippen LogP contribution in [0.15, 0.2) is 42.5 Å². The molecule has 0 saturated heterocycles.